The molecule has 2 rings (SSSR count). The summed E-state index contributed by atoms with van der Waals surface area (Å²) < 4.78 is 10.4. The van der Waals surface area contributed by atoms with Gasteiger partial charge in [0.2, 0.25) is 0 Å². The van der Waals surface area contributed by atoms with Gasteiger partial charge in [0.25, 0.3) is 0 Å². The summed E-state index contributed by atoms with van der Waals surface area (Å²) in [5.74, 6) is 0.908. The molecule has 1 aliphatic heterocycles. The second-order valence-corrected chi connectivity index (χ2v) is 3.51. The number of ether oxygens (including phenoxy) is 2. The van der Waals surface area contributed by atoms with Crippen molar-refractivity contribution in [2.75, 3.05) is 26.9 Å². The van der Waals surface area contributed by atoms with Crippen molar-refractivity contribution in [1.29, 1.82) is 0 Å². The van der Waals surface area contributed by atoms with Crippen LogP contribution in [0.25, 0.3) is 0 Å². The fourth-order valence-corrected chi connectivity index (χ4v) is 1.71. The Kier molecular flexibility index (Phi) is 3.08. The third kappa shape index (κ3) is 2.22. The van der Waals surface area contributed by atoms with Crippen molar-refractivity contribution >= 4 is 0 Å². The number of phenols is 1. The zero-order chi connectivity index (χ0) is 10.7. The standard InChI is InChI=1S/C11H15NO3/c1-14-8-2-3-9(11(13)6-8)10-7-15-5-4-12-10/h2-3,6,10,12-13H,4-5,7H2,1H3. The number of morpholine rings is 1. The van der Waals surface area contributed by atoms with Crippen molar-refractivity contribution in [3.8, 4) is 11.5 Å². The molecule has 0 bridgehead atoms. The maximum absolute atomic E-state index is 9.80. The fourth-order valence-electron chi connectivity index (χ4n) is 1.71. The summed E-state index contributed by atoms with van der Waals surface area (Å²) in [6.45, 7) is 2.14. The van der Waals surface area contributed by atoms with Gasteiger partial charge < -0.3 is 19.9 Å². The third-order valence-electron chi connectivity index (χ3n) is 2.53. The summed E-state index contributed by atoms with van der Waals surface area (Å²) in [6.07, 6.45) is 0. The van der Waals surface area contributed by atoms with Gasteiger partial charge in [-0.05, 0) is 12.1 Å². The van der Waals surface area contributed by atoms with Gasteiger partial charge in [0.1, 0.15) is 11.5 Å². The highest BCUT2D eigenvalue weighted by molar-refractivity contribution is 5.41. The summed E-state index contributed by atoms with van der Waals surface area (Å²) in [7, 11) is 1.58. The topological polar surface area (TPSA) is 50.7 Å². The molecule has 0 saturated carbocycles. The van der Waals surface area contributed by atoms with Crippen LogP contribution in [-0.2, 0) is 4.74 Å². The average molecular weight is 209 g/mol. The zero-order valence-corrected chi connectivity index (χ0v) is 8.69. The van der Waals surface area contributed by atoms with Gasteiger partial charge in [-0.25, -0.2) is 0 Å². The monoisotopic (exact) mass is 209 g/mol. The lowest BCUT2D eigenvalue weighted by Gasteiger charge is -2.24. The first kappa shape index (κ1) is 10.3. The molecule has 1 unspecified atom stereocenters. The smallest absolute Gasteiger partial charge is 0.124 e. The molecule has 82 valence electrons. The highest BCUT2D eigenvalue weighted by Crippen LogP contribution is 2.29. The minimum atomic E-state index is 0.0738. The first-order chi connectivity index (χ1) is 7.31. The fraction of sp³-hybridized carbons (Fsp3) is 0.455. The molecule has 1 saturated heterocycles. The minimum absolute atomic E-state index is 0.0738. The van der Waals surface area contributed by atoms with Crippen LogP contribution in [0, 0.1) is 0 Å². The van der Waals surface area contributed by atoms with Crippen LogP contribution in [-0.4, -0.2) is 32.0 Å². The molecule has 1 aromatic carbocycles. The third-order valence-corrected chi connectivity index (χ3v) is 2.53. The Morgan fingerprint density at radius 3 is 3.00 bits per heavy atom. The molecule has 1 fully saturated rings. The molecule has 4 heteroatoms. The molecule has 1 aliphatic rings. The van der Waals surface area contributed by atoms with E-state index in [0.29, 0.717) is 12.4 Å². The van der Waals surface area contributed by atoms with Gasteiger partial charge in [-0.3, -0.25) is 0 Å². The van der Waals surface area contributed by atoms with Gasteiger partial charge in [0.15, 0.2) is 0 Å². The molecular formula is C11H15NO3. The van der Waals surface area contributed by atoms with Crippen LogP contribution < -0.4 is 10.1 Å². The van der Waals surface area contributed by atoms with E-state index in [2.05, 4.69) is 5.32 Å². The second kappa shape index (κ2) is 4.51. The van der Waals surface area contributed by atoms with Crippen LogP contribution in [0.1, 0.15) is 11.6 Å². The summed E-state index contributed by atoms with van der Waals surface area (Å²) in [4.78, 5) is 0. The Hall–Kier alpha value is -1.26. The lowest BCUT2D eigenvalue weighted by Crippen LogP contribution is -2.34. The van der Waals surface area contributed by atoms with Gasteiger partial charge in [-0.1, -0.05) is 0 Å². The van der Waals surface area contributed by atoms with Crippen LogP contribution in [0.5, 0.6) is 11.5 Å². The van der Waals surface area contributed by atoms with E-state index in [-0.39, 0.29) is 11.8 Å². The van der Waals surface area contributed by atoms with Crippen LogP contribution in [0.15, 0.2) is 18.2 Å². The van der Waals surface area contributed by atoms with E-state index in [1.807, 2.05) is 12.1 Å². The van der Waals surface area contributed by atoms with Crippen LogP contribution in [0.4, 0.5) is 0 Å². The molecule has 1 aromatic rings. The number of phenolic OH excluding ortho intramolecular Hbond substituents is 1. The van der Waals surface area contributed by atoms with Crippen molar-refractivity contribution in [1.82, 2.24) is 5.32 Å². The summed E-state index contributed by atoms with van der Waals surface area (Å²) in [5.41, 5.74) is 0.857. The van der Waals surface area contributed by atoms with E-state index >= 15 is 0 Å². The summed E-state index contributed by atoms with van der Waals surface area (Å²) in [5, 5.41) is 13.1. The zero-order valence-electron chi connectivity index (χ0n) is 8.69. The Morgan fingerprint density at radius 1 is 1.53 bits per heavy atom. The number of aromatic hydroxyl groups is 1. The molecule has 1 heterocycles. The predicted octanol–water partition coefficient (Wildman–Crippen LogP) is 1.06. The molecule has 2 N–H and O–H groups in total. The average Bonchev–Trinajstić information content (AvgIpc) is 2.30. The van der Waals surface area contributed by atoms with E-state index in [4.69, 9.17) is 9.47 Å². The first-order valence-electron chi connectivity index (χ1n) is 4.99. The van der Waals surface area contributed by atoms with E-state index in [1.54, 1.807) is 13.2 Å². The van der Waals surface area contributed by atoms with Crippen molar-refractivity contribution in [3.63, 3.8) is 0 Å². The number of hydrogen-bond donors (Lipinski definition) is 2. The molecule has 4 nitrogen and oxygen atoms in total. The quantitative estimate of drug-likeness (QED) is 0.764. The highest BCUT2D eigenvalue weighted by atomic mass is 16.5. The van der Waals surface area contributed by atoms with Gasteiger partial charge in [-0.15, -0.1) is 0 Å². The van der Waals surface area contributed by atoms with Crippen LogP contribution in [0.3, 0.4) is 0 Å². The molecule has 0 aromatic heterocycles. The SMILES string of the molecule is COc1ccc(C2COCCN2)c(O)c1. The van der Waals surface area contributed by atoms with E-state index in [1.165, 1.54) is 0 Å². The van der Waals surface area contributed by atoms with Gasteiger partial charge in [0, 0.05) is 18.2 Å². The molecule has 0 amide bonds. The van der Waals surface area contributed by atoms with Crippen molar-refractivity contribution in [2.45, 2.75) is 6.04 Å². The first-order valence-corrected chi connectivity index (χ1v) is 4.99. The lowest BCUT2D eigenvalue weighted by atomic mass is 10.1. The van der Waals surface area contributed by atoms with Crippen molar-refractivity contribution in [3.05, 3.63) is 23.8 Å². The summed E-state index contributed by atoms with van der Waals surface area (Å²) in [6, 6.07) is 5.39. The predicted molar refractivity (Wildman–Crippen MR) is 56.2 cm³/mol. The molecule has 0 spiro atoms. The number of nitrogens with one attached hydrogen (secondary N) is 1. The van der Waals surface area contributed by atoms with E-state index in [9.17, 15) is 5.11 Å². The Bertz CT molecular complexity index is 335. The number of benzene rings is 1. The van der Waals surface area contributed by atoms with E-state index in [0.717, 1.165) is 18.7 Å². The van der Waals surface area contributed by atoms with Crippen molar-refractivity contribution < 1.29 is 14.6 Å². The second-order valence-electron chi connectivity index (χ2n) is 3.51. The van der Waals surface area contributed by atoms with Crippen molar-refractivity contribution in [2.24, 2.45) is 0 Å². The Morgan fingerprint density at radius 2 is 2.40 bits per heavy atom. The number of rotatable bonds is 2. The number of methoxy groups -OCH3 is 1. The molecule has 0 radical (unpaired) electrons. The van der Waals surface area contributed by atoms with Crippen LogP contribution >= 0.6 is 0 Å². The lowest BCUT2D eigenvalue weighted by molar-refractivity contribution is 0.0760. The maximum atomic E-state index is 9.80. The van der Waals surface area contributed by atoms with E-state index < -0.39 is 0 Å². The van der Waals surface area contributed by atoms with Gasteiger partial charge in [-0.2, -0.15) is 0 Å². The molecule has 15 heavy (non-hydrogen) atoms. The maximum Gasteiger partial charge on any atom is 0.124 e. The minimum Gasteiger partial charge on any atom is -0.507 e. The molecular weight excluding hydrogens is 194 g/mol. The Balaban J connectivity index is 2.19. The molecule has 1 atom stereocenters. The van der Waals surface area contributed by atoms with Gasteiger partial charge >= 0.3 is 0 Å². The largest absolute Gasteiger partial charge is 0.507 e. The van der Waals surface area contributed by atoms with Gasteiger partial charge in [0.05, 0.1) is 26.4 Å². The Labute approximate surface area is 88.8 Å². The normalized spacial score (nSPS) is 21.3. The summed E-state index contributed by atoms with van der Waals surface area (Å²) >= 11 is 0. The highest BCUT2D eigenvalue weighted by Gasteiger charge is 2.18. The molecule has 0 aliphatic carbocycles. The van der Waals surface area contributed by atoms with Crippen LogP contribution in [0.2, 0.25) is 0 Å². The number of hydrogen-bond acceptors (Lipinski definition) is 4.